The third-order valence-corrected chi connectivity index (χ3v) is 3.07. The first-order valence-corrected chi connectivity index (χ1v) is 6.55. The molecule has 0 aliphatic carbocycles. The molecule has 0 heterocycles. The number of nitrogens with two attached hydrogens (primary N) is 1. The molecule has 2 nitrogen and oxygen atoms in total. The SMILES string of the molecule is CCN(CCCN)c1ccccc1C(C)(C)C. The van der Waals surface area contributed by atoms with Crippen LogP contribution in [0.4, 0.5) is 5.69 Å². The Labute approximate surface area is 106 Å². The van der Waals surface area contributed by atoms with Gasteiger partial charge in [-0.15, -0.1) is 0 Å². The summed E-state index contributed by atoms with van der Waals surface area (Å²) >= 11 is 0. The molecule has 2 heteroatoms. The van der Waals surface area contributed by atoms with E-state index in [2.05, 4.69) is 56.9 Å². The van der Waals surface area contributed by atoms with Gasteiger partial charge in [0.2, 0.25) is 0 Å². The fourth-order valence-electron chi connectivity index (χ4n) is 2.11. The number of para-hydroxylation sites is 1. The fourth-order valence-corrected chi connectivity index (χ4v) is 2.11. The van der Waals surface area contributed by atoms with Gasteiger partial charge < -0.3 is 10.6 Å². The highest BCUT2D eigenvalue weighted by atomic mass is 15.1. The van der Waals surface area contributed by atoms with Gasteiger partial charge in [-0.05, 0) is 36.9 Å². The van der Waals surface area contributed by atoms with E-state index in [9.17, 15) is 0 Å². The Morgan fingerprint density at radius 3 is 2.35 bits per heavy atom. The van der Waals surface area contributed by atoms with Gasteiger partial charge in [0.1, 0.15) is 0 Å². The number of nitrogens with zero attached hydrogens (tertiary/aromatic N) is 1. The molecule has 0 amide bonds. The largest absolute Gasteiger partial charge is 0.372 e. The summed E-state index contributed by atoms with van der Waals surface area (Å²) in [5.74, 6) is 0. The summed E-state index contributed by atoms with van der Waals surface area (Å²) in [5.41, 5.74) is 8.57. The topological polar surface area (TPSA) is 29.3 Å². The van der Waals surface area contributed by atoms with E-state index in [1.54, 1.807) is 0 Å². The van der Waals surface area contributed by atoms with Crippen LogP contribution in [0.3, 0.4) is 0 Å². The molecule has 1 aromatic carbocycles. The van der Waals surface area contributed by atoms with E-state index in [4.69, 9.17) is 5.73 Å². The average molecular weight is 234 g/mol. The number of rotatable bonds is 5. The van der Waals surface area contributed by atoms with Crippen molar-refractivity contribution in [3.05, 3.63) is 29.8 Å². The van der Waals surface area contributed by atoms with Crippen molar-refractivity contribution in [2.75, 3.05) is 24.5 Å². The molecule has 1 aromatic rings. The zero-order valence-corrected chi connectivity index (χ0v) is 11.7. The van der Waals surface area contributed by atoms with Gasteiger partial charge in [0.25, 0.3) is 0 Å². The molecule has 0 bridgehead atoms. The third-order valence-electron chi connectivity index (χ3n) is 3.07. The molecule has 0 radical (unpaired) electrons. The van der Waals surface area contributed by atoms with Gasteiger partial charge in [0.05, 0.1) is 0 Å². The first kappa shape index (κ1) is 14.0. The predicted octanol–water partition coefficient (Wildman–Crippen LogP) is 3.16. The monoisotopic (exact) mass is 234 g/mol. The molecule has 96 valence electrons. The molecule has 0 aliphatic heterocycles. The van der Waals surface area contributed by atoms with E-state index >= 15 is 0 Å². The molecule has 0 spiro atoms. The Bertz CT molecular complexity index is 339. The van der Waals surface area contributed by atoms with Gasteiger partial charge >= 0.3 is 0 Å². The van der Waals surface area contributed by atoms with Crippen molar-refractivity contribution in [3.8, 4) is 0 Å². The highest BCUT2D eigenvalue weighted by Crippen LogP contribution is 2.31. The standard InChI is InChI=1S/C15H26N2/c1-5-17(12-8-11-16)14-10-7-6-9-13(14)15(2,3)4/h6-7,9-10H,5,8,11-12,16H2,1-4H3. The van der Waals surface area contributed by atoms with Crippen LogP contribution in [0.2, 0.25) is 0 Å². The molecule has 0 aliphatic rings. The second-order valence-corrected chi connectivity index (χ2v) is 5.49. The van der Waals surface area contributed by atoms with Crippen LogP contribution < -0.4 is 10.6 Å². The Morgan fingerprint density at radius 1 is 1.18 bits per heavy atom. The minimum absolute atomic E-state index is 0.187. The van der Waals surface area contributed by atoms with Crippen LogP contribution in [0.1, 0.15) is 39.7 Å². The molecular formula is C15H26N2. The molecule has 0 aromatic heterocycles. The van der Waals surface area contributed by atoms with Crippen molar-refractivity contribution in [3.63, 3.8) is 0 Å². The Hall–Kier alpha value is -1.02. The summed E-state index contributed by atoms with van der Waals surface area (Å²) < 4.78 is 0. The van der Waals surface area contributed by atoms with Crippen molar-refractivity contribution < 1.29 is 0 Å². The van der Waals surface area contributed by atoms with Crippen molar-refractivity contribution >= 4 is 5.69 Å². The number of hydrogen-bond donors (Lipinski definition) is 1. The lowest BCUT2D eigenvalue weighted by Gasteiger charge is -2.30. The maximum Gasteiger partial charge on any atom is 0.0404 e. The summed E-state index contributed by atoms with van der Waals surface area (Å²) in [4.78, 5) is 2.42. The van der Waals surface area contributed by atoms with E-state index in [0.29, 0.717) is 0 Å². The Morgan fingerprint density at radius 2 is 1.82 bits per heavy atom. The van der Waals surface area contributed by atoms with E-state index < -0.39 is 0 Å². The Balaban J connectivity index is 3.02. The zero-order valence-electron chi connectivity index (χ0n) is 11.7. The lowest BCUT2D eigenvalue weighted by atomic mass is 9.85. The molecule has 0 unspecified atom stereocenters. The fraction of sp³-hybridized carbons (Fsp3) is 0.600. The molecule has 0 saturated heterocycles. The number of benzene rings is 1. The lowest BCUT2D eigenvalue weighted by Crippen LogP contribution is -2.28. The van der Waals surface area contributed by atoms with Gasteiger partial charge in [-0.2, -0.15) is 0 Å². The molecule has 0 atom stereocenters. The van der Waals surface area contributed by atoms with Crippen LogP contribution in [0.5, 0.6) is 0 Å². The highest BCUT2D eigenvalue weighted by Gasteiger charge is 2.19. The Kier molecular flexibility index (Phi) is 5.01. The van der Waals surface area contributed by atoms with Gasteiger partial charge in [0.15, 0.2) is 0 Å². The minimum Gasteiger partial charge on any atom is -0.372 e. The lowest BCUT2D eigenvalue weighted by molar-refractivity contribution is 0.586. The molecule has 1 rings (SSSR count). The minimum atomic E-state index is 0.187. The van der Waals surface area contributed by atoms with Gasteiger partial charge in [-0.3, -0.25) is 0 Å². The first-order chi connectivity index (χ1) is 8.00. The van der Waals surface area contributed by atoms with Crippen LogP contribution in [0.25, 0.3) is 0 Å². The van der Waals surface area contributed by atoms with Crippen LogP contribution in [0, 0.1) is 0 Å². The average Bonchev–Trinajstić information content (AvgIpc) is 2.29. The summed E-state index contributed by atoms with van der Waals surface area (Å²) in [7, 11) is 0. The van der Waals surface area contributed by atoms with E-state index in [1.165, 1.54) is 11.3 Å². The quantitative estimate of drug-likeness (QED) is 0.848. The summed E-state index contributed by atoms with van der Waals surface area (Å²) in [5, 5.41) is 0. The van der Waals surface area contributed by atoms with Gasteiger partial charge in [-0.25, -0.2) is 0 Å². The predicted molar refractivity (Wildman–Crippen MR) is 76.7 cm³/mol. The van der Waals surface area contributed by atoms with E-state index in [1.807, 2.05) is 0 Å². The normalized spacial score (nSPS) is 11.6. The van der Waals surface area contributed by atoms with E-state index in [-0.39, 0.29) is 5.41 Å². The van der Waals surface area contributed by atoms with Crippen LogP contribution >= 0.6 is 0 Å². The number of anilines is 1. The summed E-state index contributed by atoms with van der Waals surface area (Å²) in [6.45, 7) is 11.8. The van der Waals surface area contributed by atoms with Crippen molar-refractivity contribution in [1.29, 1.82) is 0 Å². The molecule has 2 N–H and O–H groups in total. The molecule has 0 saturated carbocycles. The van der Waals surface area contributed by atoms with Gasteiger partial charge in [-0.1, -0.05) is 39.0 Å². The first-order valence-electron chi connectivity index (χ1n) is 6.55. The van der Waals surface area contributed by atoms with Crippen LogP contribution in [-0.2, 0) is 5.41 Å². The van der Waals surface area contributed by atoms with Crippen molar-refractivity contribution in [1.82, 2.24) is 0 Å². The third kappa shape index (κ3) is 3.74. The van der Waals surface area contributed by atoms with E-state index in [0.717, 1.165) is 26.1 Å². The van der Waals surface area contributed by atoms with Crippen LogP contribution in [0.15, 0.2) is 24.3 Å². The second kappa shape index (κ2) is 6.06. The highest BCUT2D eigenvalue weighted by molar-refractivity contribution is 5.56. The van der Waals surface area contributed by atoms with Crippen molar-refractivity contribution in [2.45, 2.75) is 39.5 Å². The van der Waals surface area contributed by atoms with Crippen LogP contribution in [-0.4, -0.2) is 19.6 Å². The summed E-state index contributed by atoms with van der Waals surface area (Å²) in [6.07, 6.45) is 1.05. The molecule has 0 fully saturated rings. The maximum atomic E-state index is 5.61. The second-order valence-electron chi connectivity index (χ2n) is 5.49. The number of hydrogen-bond acceptors (Lipinski definition) is 2. The van der Waals surface area contributed by atoms with Gasteiger partial charge in [0, 0.05) is 18.8 Å². The zero-order chi connectivity index (χ0) is 12.9. The molecular weight excluding hydrogens is 208 g/mol. The summed E-state index contributed by atoms with van der Waals surface area (Å²) in [6, 6.07) is 8.71. The maximum absolute atomic E-state index is 5.61. The smallest absolute Gasteiger partial charge is 0.0404 e. The van der Waals surface area contributed by atoms with Crippen molar-refractivity contribution in [2.24, 2.45) is 5.73 Å². The molecule has 17 heavy (non-hydrogen) atoms.